The van der Waals surface area contributed by atoms with Crippen molar-refractivity contribution in [2.24, 2.45) is 0 Å². The highest BCUT2D eigenvalue weighted by Gasteiger charge is 2.24. The lowest BCUT2D eigenvalue weighted by Crippen LogP contribution is -2.21. The van der Waals surface area contributed by atoms with Crippen LogP contribution in [-0.2, 0) is 11.3 Å². The van der Waals surface area contributed by atoms with Crippen molar-refractivity contribution in [2.45, 2.75) is 19.9 Å². The topological polar surface area (TPSA) is 34.5 Å². The molecule has 0 aliphatic carbocycles. The summed E-state index contributed by atoms with van der Waals surface area (Å²) in [6.45, 7) is 3.70. The Morgan fingerprint density at radius 2 is 1.66 bits per heavy atom. The fourth-order valence-corrected chi connectivity index (χ4v) is 4.32. The Morgan fingerprint density at radius 3 is 2.34 bits per heavy atom. The van der Waals surface area contributed by atoms with Crippen LogP contribution in [0.1, 0.15) is 23.8 Å². The number of hydrogen-bond acceptors (Lipinski definition) is 3. The molecule has 0 aliphatic heterocycles. The van der Waals surface area contributed by atoms with Crippen molar-refractivity contribution < 1.29 is 9.53 Å². The number of carbonyl (C=O) groups is 1. The van der Waals surface area contributed by atoms with E-state index in [1.807, 2.05) is 61.5 Å². The van der Waals surface area contributed by atoms with Crippen molar-refractivity contribution in [1.29, 1.82) is 0 Å². The molecular weight excluding hydrogens is 420 g/mol. The molecule has 4 rings (SSSR count). The first kappa shape index (κ1) is 22.0. The van der Waals surface area contributed by atoms with Gasteiger partial charge < -0.3 is 14.2 Å². The molecular formula is C27H27ClN2O2. The average molecular weight is 447 g/mol. The summed E-state index contributed by atoms with van der Waals surface area (Å²) in [4.78, 5) is 15.3. The van der Waals surface area contributed by atoms with Crippen molar-refractivity contribution >= 4 is 34.0 Å². The molecule has 32 heavy (non-hydrogen) atoms. The average Bonchev–Trinajstić information content (AvgIpc) is 3.13. The number of benzene rings is 3. The second-order valence-corrected chi connectivity index (χ2v) is 8.17. The van der Waals surface area contributed by atoms with Gasteiger partial charge >= 0.3 is 5.97 Å². The van der Waals surface area contributed by atoms with Crippen LogP contribution in [-0.4, -0.2) is 30.7 Å². The van der Waals surface area contributed by atoms with Crippen molar-refractivity contribution in [3.8, 4) is 11.3 Å². The van der Waals surface area contributed by atoms with E-state index in [9.17, 15) is 4.79 Å². The highest BCUT2D eigenvalue weighted by Crippen LogP contribution is 2.36. The predicted molar refractivity (Wildman–Crippen MR) is 133 cm³/mol. The molecule has 0 radical (unpaired) electrons. The maximum atomic E-state index is 13.0. The second-order valence-electron chi connectivity index (χ2n) is 7.74. The zero-order valence-corrected chi connectivity index (χ0v) is 19.2. The van der Waals surface area contributed by atoms with Gasteiger partial charge in [0.25, 0.3) is 0 Å². The highest BCUT2D eigenvalue weighted by atomic mass is 35.5. The van der Waals surface area contributed by atoms with Crippen molar-refractivity contribution in [1.82, 2.24) is 4.57 Å². The van der Waals surface area contributed by atoms with Crippen LogP contribution < -0.4 is 4.90 Å². The van der Waals surface area contributed by atoms with Crippen LogP contribution in [0.4, 0.5) is 5.69 Å². The van der Waals surface area contributed by atoms with E-state index in [0.717, 1.165) is 35.0 Å². The van der Waals surface area contributed by atoms with Crippen LogP contribution in [0, 0.1) is 0 Å². The van der Waals surface area contributed by atoms with Crippen LogP contribution in [0.3, 0.4) is 0 Å². The standard InChI is InChI=1S/C27H27ClN2O2/c1-3-32-27(31)26-23-16-15-21(28)19-24(23)25(20-11-6-4-7-12-20)30(26)18-10-17-29(2)22-13-8-5-9-14-22/h4-9,11-16,19H,3,10,17-18H2,1-2H3. The van der Waals surface area contributed by atoms with Gasteiger partial charge in [-0.25, -0.2) is 4.79 Å². The van der Waals surface area contributed by atoms with E-state index in [0.29, 0.717) is 23.9 Å². The number of ether oxygens (including phenoxy) is 1. The number of fused-ring (bicyclic) bond motifs is 1. The van der Waals surface area contributed by atoms with Crippen molar-refractivity contribution in [3.05, 3.63) is 89.6 Å². The minimum atomic E-state index is -0.307. The Bertz CT molecular complexity index is 1200. The SMILES string of the molecule is CCOC(=O)c1c2ccc(Cl)cc2c(-c2ccccc2)n1CCCN(C)c1ccccc1. The Hall–Kier alpha value is -3.24. The molecule has 0 spiro atoms. The summed E-state index contributed by atoms with van der Waals surface area (Å²) in [5, 5.41) is 2.47. The normalized spacial score (nSPS) is 11.0. The van der Waals surface area contributed by atoms with E-state index in [1.165, 1.54) is 5.69 Å². The fraction of sp³-hybridized carbons (Fsp3) is 0.222. The maximum absolute atomic E-state index is 13.0. The lowest BCUT2D eigenvalue weighted by molar-refractivity contribution is 0.0516. The first-order valence-corrected chi connectivity index (χ1v) is 11.3. The molecule has 0 bridgehead atoms. The van der Waals surface area contributed by atoms with E-state index in [2.05, 4.69) is 40.8 Å². The number of hydrogen-bond donors (Lipinski definition) is 0. The third-order valence-electron chi connectivity index (χ3n) is 5.62. The first-order valence-electron chi connectivity index (χ1n) is 10.9. The van der Waals surface area contributed by atoms with E-state index >= 15 is 0 Å². The first-order chi connectivity index (χ1) is 15.6. The molecule has 164 valence electrons. The third kappa shape index (κ3) is 4.51. The Balaban J connectivity index is 1.76. The molecule has 1 heterocycles. The van der Waals surface area contributed by atoms with E-state index in [4.69, 9.17) is 16.3 Å². The molecule has 0 amide bonds. The maximum Gasteiger partial charge on any atom is 0.355 e. The molecule has 4 nitrogen and oxygen atoms in total. The molecule has 0 saturated heterocycles. The number of esters is 1. The van der Waals surface area contributed by atoms with Gasteiger partial charge in [-0.1, -0.05) is 66.2 Å². The predicted octanol–water partition coefficient (Wildman–Crippen LogP) is 6.66. The Morgan fingerprint density at radius 1 is 0.969 bits per heavy atom. The molecule has 0 saturated carbocycles. The fourth-order valence-electron chi connectivity index (χ4n) is 4.15. The van der Waals surface area contributed by atoms with Crippen LogP contribution in [0.15, 0.2) is 78.9 Å². The smallest absolute Gasteiger partial charge is 0.355 e. The van der Waals surface area contributed by atoms with Gasteiger partial charge in [0.2, 0.25) is 0 Å². The second kappa shape index (κ2) is 9.92. The quantitative estimate of drug-likeness (QED) is 0.283. The van der Waals surface area contributed by atoms with Gasteiger partial charge in [-0.15, -0.1) is 0 Å². The Kier molecular flexibility index (Phi) is 6.81. The van der Waals surface area contributed by atoms with E-state index in [1.54, 1.807) is 0 Å². The molecule has 4 aromatic rings. The number of aromatic nitrogens is 1. The van der Waals surface area contributed by atoms with Crippen LogP contribution in [0.25, 0.3) is 22.0 Å². The van der Waals surface area contributed by atoms with Gasteiger partial charge in [0.1, 0.15) is 5.69 Å². The van der Waals surface area contributed by atoms with Gasteiger partial charge in [-0.2, -0.15) is 0 Å². The zero-order chi connectivity index (χ0) is 22.5. The molecule has 1 aromatic heterocycles. The highest BCUT2D eigenvalue weighted by molar-refractivity contribution is 6.31. The molecule has 0 atom stereocenters. The third-order valence-corrected chi connectivity index (χ3v) is 5.86. The summed E-state index contributed by atoms with van der Waals surface area (Å²) in [7, 11) is 2.09. The van der Waals surface area contributed by atoms with Gasteiger partial charge in [0.05, 0.1) is 12.3 Å². The number of nitrogens with zero attached hydrogens (tertiary/aromatic N) is 2. The molecule has 3 aromatic carbocycles. The summed E-state index contributed by atoms with van der Waals surface area (Å²) in [6.07, 6.45) is 0.867. The number of halogens is 1. The summed E-state index contributed by atoms with van der Waals surface area (Å²) < 4.78 is 7.55. The van der Waals surface area contributed by atoms with Gasteiger partial charge in [0, 0.05) is 41.6 Å². The molecule has 0 N–H and O–H groups in total. The summed E-state index contributed by atoms with van der Waals surface area (Å²) in [5.41, 5.74) is 3.80. The zero-order valence-electron chi connectivity index (χ0n) is 18.4. The van der Waals surface area contributed by atoms with Crippen LogP contribution in [0.5, 0.6) is 0 Å². The van der Waals surface area contributed by atoms with Crippen LogP contribution >= 0.6 is 11.6 Å². The van der Waals surface area contributed by atoms with E-state index < -0.39 is 0 Å². The number of anilines is 1. The molecule has 0 fully saturated rings. The van der Waals surface area contributed by atoms with Gasteiger partial charge in [-0.3, -0.25) is 0 Å². The van der Waals surface area contributed by atoms with Gasteiger partial charge in [-0.05, 0) is 43.2 Å². The summed E-state index contributed by atoms with van der Waals surface area (Å²) >= 11 is 6.36. The molecule has 0 unspecified atom stereocenters. The largest absolute Gasteiger partial charge is 0.461 e. The summed E-state index contributed by atoms with van der Waals surface area (Å²) in [6, 6.07) is 26.1. The van der Waals surface area contributed by atoms with Gasteiger partial charge in [0.15, 0.2) is 0 Å². The van der Waals surface area contributed by atoms with Crippen LogP contribution in [0.2, 0.25) is 5.02 Å². The monoisotopic (exact) mass is 446 g/mol. The van der Waals surface area contributed by atoms with E-state index in [-0.39, 0.29) is 5.97 Å². The van der Waals surface area contributed by atoms with Crippen molar-refractivity contribution in [2.75, 3.05) is 25.1 Å². The minimum Gasteiger partial charge on any atom is -0.461 e. The number of para-hydroxylation sites is 1. The summed E-state index contributed by atoms with van der Waals surface area (Å²) in [5.74, 6) is -0.307. The number of rotatable bonds is 8. The lowest BCUT2D eigenvalue weighted by Gasteiger charge is -2.20. The molecule has 5 heteroatoms. The minimum absolute atomic E-state index is 0.307. The number of carbonyl (C=O) groups excluding carboxylic acids is 1. The Labute approximate surface area is 194 Å². The lowest BCUT2D eigenvalue weighted by atomic mass is 10.1. The van der Waals surface area contributed by atoms with Crippen molar-refractivity contribution in [3.63, 3.8) is 0 Å². The molecule has 0 aliphatic rings.